The van der Waals surface area contributed by atoms with E-state index in [1.54, 1.807) is 0 Å². The second-order valence-electron chi connectivity index (χ2n) is 8.51. The summed E-state index contributed by atoms with van der Waals surface area (Å²) in [5.41, 5.74) is 0.278. The molecule has 1 aliphatic heterocycles. The number of carbonyl (C=O) groups is 2. The lowest BCUT2D eigenvalue weighted by molar-refractivity contribution is 0.0862. The number of nitrogens with one attached hydrogen (secondary N) is 1. The first-order chi connectivity index (χ1) is 14.3. The van der Waals surface area contributed by atoms with E-state index in [4.69, 9.17) is 4.52 Å². The van der Waals surface area contributed by atoms with Crippen LogP contribution in [0.1, 0.15) is 83.9 Å². The number of aromatic nitrogens is 2. The molecule has 2 aliphatic carbocycles. The Morgan fingerprint density at radius 3 is 2.60 bits per heavy atom. The molecule has 2 saturated carbocycles. The van der Waals surface area contributed by atoms with Crippen molar-refractivity contribution in [1.82, 2.24) is 19.8 Å². The van der Waals surface area contributed by atoms with Gasteiger partial charge in [-0.15, -0.1) is 0 Å². The second-order valence-corrected chi connectivity index (χ2v) is 10.3. The van der Waals surface area contributed by atoms with Crippen LogP contribution in [0, 0.1) is 5.92 Å². The van der Waals surface area contributed by atoms with E-state index < -0.39 is 27.9 Å². The minimum absolute atomic E-state index is 0.0217. The van der Waals surface area contributed by atoms with Crippen molar-refractivity contribution in [3.8, 4) is 0 Å². The van der Waals surface area contributed by atoms with Crippen molar-refractivity contribution in [2.75, 3.05) is 0 Å². The Bertz CT molecular complexity index is 1150. The number of benzene rings is 1. The Balaban J connectivity index is 1.41. The third kappa shape index (κ3) is 3.10. The molecule has 0 spiro atoms. The van der Waals surface area contributed by atoms with Gasteiger partial charge in [-0.3, -0.25) is 9.59 Å². The fourth-order valence-electron chi connectivity index (χ4n) is 3.68. The van der Waals surface area contributed by atoms with Gasteiger partial charge in [0.2, 0.25) is 5.89 Å². The second kappa shape index (κ2) is 6.63. The minimum atomic E-state index is -3.92. The van der Waals surface area contributed by atoms with Gasteiger partial charge in [0.25, 0.3) is 21.8 Å². The highest BCUT2D eigenvalue weighted by atomic mass is 32.2. The Morgan fingerprint density at radius 2 is 1.97 bits per heavy atom. The summed E-state index contributed by atoms with van der Waals surface area (Å²) < 4.78 is 32.0. The third-order valence-corrected chi connectivity index (χ3v) is 7.58. The van der Waals surface area contributed by atoms with E-state index in [2.05, 4.69) is 15.5 Å². The van der Waals surface area contributed by atoms with Crippen LogP contribution >= 0.6 is 0 Å². The molecule has 2 amide bonds. The number of hydrogen-bond donors (Lipinski definition) is 1. The lowest BCUT2D eigenvalue weighted by Crippen LogP contribution is -2.32. The number of hydrogen-bond acceptors (Lipinski definition) is 7. The van der Waals surface area contributed by atoms with E-state index in [1.165, 1.54) is 18.2 Å². The average molecular weight is 430 g/mol. The molecule has 158 valence electrons. The Hall–Kier alpha value is -2.75. The standard InChI is InChI=1S/C20H22N4O5S/c1-10(2)16(19-22-17(23-29-19)11-3-4-11)21-18(25)12-5-8-14-15(9-12)30(27,28)24(20(14)26)13-6-7-13/h5,8-11,13,16H,3-4,6-7H2,1-2H3,(H,21,25). The molecule has 0 radical (unpaired) electrons. The molecule has 30 heavy (non-hydrogen) atoms. The molecule has 1 aromatic heterocycles. The van der Waals surface area contributed by atoms with Gasteiger partial charge in [-0.1, -0.05) is 19.0 Å². The van der Waals surface area contributed by atoms with Gasteiger partial charge in [0, 0.05) is 17.5 Å². The Morgan fingerprint density at radius 1 is 1.23 bits per heavy atom. The number of fused-ring (bicyclic) bond motifs is 1. The lowest BCUT2D eigenvalue weighted by Gasteiger charge is -2.18. The Labute approximate surface area is 173 Å². The highest BCUT2D eigenvalue weighted by Crippen LogP contribution is 2.40. The Kier molecular flexibility index (Phi) is 4.25. The van der Waals surface area contributed by atoms with E-state index in [1.807, 2.05) is 13.8 Å². The molecule has 0 saturated heterocycles. The molecular formula is C20H22N4O5S. The van der Waals surface area contributed by atoms with Crippen molar-refractivity contribution >= 4 is 21.8 Å². The van der Waals surface area contributed by atoms with Gasteiger partial charge in [-0.25, -0.2) is 12.7 Å². The normalized spacial score (nSPS) is 21.0. The van der Waals surface area contributed by atoms with E-state index in [0.717, 1.165) is 17.1 Å². The fourth-order valence-corrected chi connectivity index (χ4v) is 5.52. The summed E-state index contributed by atoms with van der Waals surface area (Å²) in [7, 11) is -3.92. The van der Waals surface area contributed by atoms with Crippen LogP contribution in [0.4, 0.5) is 0 Å². The van der Waals surface area contributed by atoms with Crippen LogP contribution in [-0.2, 0) is 10.0 Å². The summed E-state index contributed by atoms with van der Waals surface area (Å²) in [6.45, 7) is 3.84. The van der Waals surface area contributed by atoms with Gasteiger partial charge in [0.1, 0.15) is 10.9 Å². The minimum Gasteiger partial charge on any atom is -0.340 e. The van der Waals surface area contributed by atoms with Gasteiger partial charge in [-0.05, 0) is 49.8 Å². The molecule has 2 aromatic rings. The summed E-state index contributed by atoms with van der Waals surface area (Å²) in [4.78, 5) is 29.7. The zero-order valence-corrected chi connectivity index (χ0v) is 17.5. The molecule has 3 aliphatic rings. The fraction of sp³-hybridized carbons (Fsp3) is 0.500. The molecule has 5 rings (SSSR count). The van der Waals surface area contributed by atoms with Gasteiger partial charge in [0.05, 0.1) is 5.56 Å². The van der Waals surface area contributed by atoms with Crippen molar-refractivity contribution in [3.63, 3.8) is 0 Å². The molecule has 2 fully saturated rings. The van der Waals surface area contributed by atoms with E-state index >= 15 is 0 Å². The molecular weight excluding hydrogens is 408 g/mol. The first-order valence-electron chi connectivity index (χ1n) is 10.1. The maximum atomic E-state index is 12.9. The predicted octanol–water partition coefficient (Wildman–Crippen LogP) is 2.38. The van der Waals surface area contributed by atoms with Crippen molar-refractivity contribution in [2.45, 2.75) is 62.4 Å². The summed E-state index contributed by atoms with van der Waals surface area (Å²) in [6, 6.07) is 3.39. The van der Waals surface area contributed by atoms with E-state index in [0.29, 0.717) is 30.5 Å². The zero-order valence-electron chi connectivity index (χ0n) is 16.7. The van der Waals surface area contributed by atoms with Crippen molar-refractivity contribution in [2.24, 2.45) is 5.92 Å². The highest BCUT2D eigenvalue weighted by molar-refractivity contribution is 7.90. The number of sulfonamides is 1. The van der Waals surface area contributed by atoms with Gasteiger partial charge >= 0.3 is 0 Å². The smallest absolute Gasteiger partial charge is 0.269 e. The van der Waals surface area contributed by atoms with E-state index in [-0.39, 0.29) is 28.0 Å². The molecule has 1 N–H and O–H groups in total. The summed E-state index contributed by atoms with van der Waals surface area (Å²) >= 11 is 0. The topological polar surface area (TPSA) is 122 Å². The van der Waals surface area contributed by atoms with Crippen molar-refractivity contribution in [3.05, 3.63) is 41.0 Å². The summed E-state index contributed by atoms with van der Waals surface area (Å²) in [6.07, 6.45) is 3.43. The van der Waals surface area contributed by atoms with Crippen LogP contribution in [0.2, 0.25) is 0 Å². The van der Waals surface area contributed by atoms with Gasteiger partial charge in [-0.2, -0.15) is 4.98 Å². The largest absolute Gasteiger partial charge is 0.340 e. The maximum absolute atomic E-state index is 12.9. The van der Waals surface area contributed by atoms with E-state index in [9.17, 15) is 18.0 Å². The van der Waals surface area contributed by atoms with Crippen LogP contribution in [-0.4, -0.2) is 40.7 Å². The number of nitrogens with zero attached hydrogens (tertiary/aromatic N) is 3. The highest BCUT2D eigenvalue weighted by Gasteiger charge is 2.49. The maximum Gasteiger partial charge on any atom is 0.269 e. The predicted molar refractivity (Wildman–Crippen MR) is 104 cm³/mol. The van der Waals surface area contributed by atoms with Gasteiger partial charge < -0.3 is 9.84 Å². The van der Waals surface area contributed by atoms with Crippen LogP contribution < -0.4 is 5.32 Å². The third-order valence-electron chi connectivity index (χ3n) is 5.71. The molecule has 1 aromatic carbocycles. The first kappa shape index (κ1) is 19.2. The van der Waals surface area contributed by atoms with Crippen LogP contribution in [0.5, 0.6) is 0 Å². The SMILES string of the molecule is CC(C)C(NC(=O)c1ccc2c(c1)S(=O)(=O)N(C1CC1)C2=O)c1nc(C2CC2)no1. The zero-order chi connectivity index (χ0) is 21.2. The summed E-state index contributed by atoms with van der Waals surface area (Å²) in [5.74, 6) is 0.330. The van der Waals surface area contributed by atoms with Crippen LogP contribution in [0.15, 0.2) is 27.6 Å². The monoisotopic (exact) mass is 430 g/mol. The molecule has 1 atom stereocenters. The average Bonchev–Trinajstić information content (AvgIpc) is 3.64. The molecule has 10 heteroatoms. The van der Waals surface area contributed by atoms with Crippen molar-refractivity contribution < 1.29 is 22.5 Å². The summed E-state index contributed by atoms with van der Waals surface area (Å²) in [5, 5.41) is 6.88. The number of amides is 2. The van der Waals surface area contributed by atoms with Crippen molar-refractivity contribution in [1.29, 1.82) is 0 Å². The number of carbonyl (C=O) groups excluding carboxylic acids is 2. The quantitative estimate of drug-likeness (QED) is 0.746. The first-order valence-corrected chi connectivity index (χ1v) is 11.6. The van der Waals surface area contributed by atoms with Gasteiger partial charge in [0.15, 0.2) is 5.82 Å². The molecule has 2 heterocycles. The number of rotatable bonds is 6. The van der Waals surface area contributed by atoms with Crippen LogP contribution in [0.25, 0.3) is 0 Å². The molecule has 9 nitrogen and oxygen atoms in total. The lowest BCUT2D eigenvalue weighted by atomic mass is 10.0. The molecule has 0 bridgehead atoms. The molecule has 1 unspecified atom stereocenters. The van der Waals surface area contributed by atoms with Crippen LogP contribution in [0.3, 0.4) is 0 Å².